The molecule has 6 heteroatoms. The molecule has 6 nitrogen and oxygen atoms in total. The molecule has 3 aromatic rings. The molecule has 0 unspecified atom stereocenters. The maximum absolute atomic E-state index is 5.57. The molecule has 0 amide bonds. The number of rotatable bonds is 5. The fourth-order valence-electron chi connectivity index (χ4n) is 3.65. The van der Waals surface area contributed by atoms with Gasteiger partial charge in [0, 0.05) is 53.7 Å². The van der Waals surface area contributed by atoms with Gasteiger partial charge < -0.3 is 28.4 Å². The lowest BCUT2D eigenvalue weighted by molar-refractivity contribution is 0.0865. The predicted molar refractivity (Wildman–Crippen MR) is 106 cm³/mol. The zero-order valence-corrected chi connectivity index (χ0v) is 16.1. The number of aromatic nitrogens is 1. The minimum Gasteiger partial charge on any atom is -0.493 e. The highest BCUT2D eigenvalue weighted by atomic mass is 16.5. The number of hydrogen-bond acceptors (Lipinski definition) is 5. The quantitative estimate of drug-likeness (QED) is 0.682. The van der Waals surface area contributed by atoms with Crippen molar-refractivity contribution < 1.29 is 18.9 Å². The van der Waals surface area contributed by atoms with Crippen molar-refractivity contribution in [2.45, 2.75) is 13.2 Å². The Morgan fingerprint density at radius 2 is 1.67 bits per heavy atom. The van der Waals surface area contributed by atoms with Gasteiger partial charge >= 0.3 is 0 Å². The second-order valence-corrected chi connectivity index (χ2v) is 6.53. The van der Waals surface area contributed by atoms with Gasteiger partial charge in [-0.1, -0.05) is 0 Å². The topological polar surface area (TPSA) is 45.1 Å². The zero-order chi connectivity index (χ0) is 19.0. The largest absolute Gasteiger partial charge is 0.493 e. The normalized spacial score (nSPS) is 13.3. The molecule has 142 valence electrons. The molecule has 0 fully saturated rings. The predicted octanol–water partition coefficient (Wildman–Crippen LogP) is 3.97. The van der Waals surface area contributed by atoms with Gasteiger partial charge in [-0.3, -0.25) is 0 Å². The maximum atomic E-state index is 5.57. The highest BCUT2D eigenvalue weighted by Crippen LogP contribution is 2.42. The van der Waals surface area contributed by atoms with Crippen LogP contribution in [-0.2, 0) is 17.9 Å². The first kappa shape index (κ1) is 17.5. The molecule has 0 spiro atoms. The third-order valence-corrected chi connectivity index (χ3v) is 5.10. The summed E-state index contributed by atoms with van der Waals surface area (Å²) in [6.07, 6.45) is 0. The number of benzene rings is 2. The van der Waals surface area contributed by atoms with Gasteiger partial charge in [-0.25, -0.2) is 0 Å². The number of methoxy groups -OCH3 is 3. The van der Waals surface area contributed by atoms with Crippen LogP contribution >= 0.6 is 0 Å². The molecule has 27 heavy (non-hydrogen) atoms. The van der Waals surface area contributed by atoms with Crippen LogP contribution in [0.1, 0.15) is 5.69 Å². The van der Waals surface area contributed by atoms with Gasteiger partial charge in [0.15, 0.2) is 11.5 Å². The number of ether oxygens (including phenoxy) is 4. The summed E-state index contributed by atoms with van der Waals surface area (Å²) < 4.78 is 24.3. The Bertz CT molecular complexity index is 955. The maximum Gasteiger partial charge on any atom is 0.203 e. The summed E-state index contributed by atoms with van der Waals surface area (Å²) in [5.41, 5.74) is 4.51. The van der Waals surface area contributed by atoms with E-state index in [-0.39, 0.29) is 0 Å². The molecule has 0 bridgehead atoms. The molecule has 0 atom stereocenters. The second-order valence-electron chi connectivity index (χ2n) is 6.53. The lowest BCUT2D eigenvalue weighted by atomic mass is 10.2. The molecule has 1 aromatic heterocycles. The number of hydrogen-bond donors (Lipinski definition) is 0. The first-order valence-corrected chi connectivity index (χ1v) is 8.90. The van der Waals surface area contributed by atoms with E-state index in [2.05, 4.69) is 33.7 Å². The van der Waals surface area contributed by atoms with E-state index < -0.39 is 0 Å². The molecule has 0 saturated carbocycles. The Balaban J connectivity index is 1.75. The van der Waals surface area contributed by atoms with E-state index in [9.17, 15) is 0 Å². The summed E-state index contributed by atoms with van der Waals surface area (Å²) in [7, 11) is 6.89. The molecular formula is C21H24N2O4. The van der Waals surface area contributed by atoms with Gasteiger partial charge in [0.2, 0.25) is 5.75 Å². The van der Waals surface area contributed by atoms with E-state index in [1.165, 1.54) is 16.6 Å². The Morgan fingerprint density at radius 1 is 0.926 bits per heavy atom. The van der Waals surface area contributed by atoms with Crippen LogP contribution in [0.15, 0.2) is 36.4 Å². The molecular weight excluding hydrogens is 344 g/mol. The Kier molecular flexibility index (Phi) is 4.58. The van der Waals surface area contributed by atoms with Crippen molar-refractivity contribution in [2.75, 3.05) is 39.9 Å². The molecule has 4 rings (SSSR count). The van der Waals surface area contributed by atoms with Gasteiger partial charge in [-0.2, -0.15) is 0 Å². The molecule has 2 heterocycles. The minimum atomic E-state index is 0.590. The summed E-state index contributed by atoms with van der Waals surface area (Å²) in [6.45, 7) is 2.34. The van der Waals surface area contributed by atoms with E-state index >= 15 is 0 Å². The van der Waals surface area contributed by atoms with E-state index in [1.807, 2.05) is 19.2 Å². The summed E-state index contributed by atoms with van der Waals surface area (Å²) in [5, 5.41) is 1.22. The van der Waals surface area contributed by atoms with Crippen LogP contribution in [-0.4, -0.2) is 39.6 Å². The van der Waals surface area contributed by atoms with E-state index in [0.29, 0.717) is 23.9 Å². The van der Waals surface area contributed by atoms with Crippen molar-refractivity contribution in [3.05, 3.63) is 42.1 Å². The SMILES string of the molecule is COc1cc(N(C)c2ccc3c(c2)cc2n3CCOC2)cc(OC)c1OC. The third kappa shape index (κ3) is 2.96. The molecule has 0 radical (unpaired) electrons. The number of nitrogens with zero attached hydrogens (tertiary/aromatic N) is 2. The number of fused-ring (bicyclic) bond motifs is 3. The summed E-state index contributed by atoms with van der Waals surface area (Å²) in [5.74, 6) is 1.86. The minimum absolute atomic E-state index is 0.590. The van der Waals surface area contributed by atoms with Crippen molar-refractivity contribution in [1.29, 1.82) is 0 Å². The van der Waals surface area contributed by atoms with Crippen LogP contribution in [0.3, 0.4) is 0 Å². The van der Waals surface area contributed by atoms with Crippen molar-refractivity contribution in [3.8, 4) is 17.2 Å². The van der Waals surface area contributed by atoms with Crippen molar-refractivity contribution in [3.63, 3.8) is 0 Å². The fraction of sp³-hybridized carbons (Fsp3) is 0.333. The Labute approximate surface area is 158 Å². The van der Waals surface area contributed by atoms with Gasteiger partial charge in [-0.15, -0.1) is 0 Å². The van der Waals surface area contributed by atoms with Crippen molar-refractivity contribution in [2.24, 2.45) is 0 Å². The lowest BCUT2D eigenvalue weighted by Gasteiger charge is -2.22. The van der Waals surface area contributed by atoms with E-state index in [4.69, 9.17) is 18.9 Å². The van der Waals surface area contributed by atoms with Gasteiger partial charge in [0.05, 0.1) is 34.5 Å². The summed E-state index contributed by atoms with van der Waals surface area (Å²) >= 11 is 0. The second kappa shape index (κ2) is 7.04. The highest BCUT2D eigenvalue weighted by Gasteiger charge is 2.17. The first-order chi connectivity index (χ1) is 13.2. The van der Waals surface area contributed by atoms with Crippen LogP contribution in [0.5, 0.6) is 17.2 Å². The Hall–Kier alpha value is -2.86. The standard InChI is InChI=1S/C21H24N2O4/c1-22(16-11-19(24-2)21(26-4)20(12-16)25-3)15-5-6-18-14(9-15)10-17-13-27-8-7-23(17)18/h5-6,9-12H,7-8,13H2,1-4H3. The van der Waals surface area contributed by atoms with Crippen LogP contribution in [0.25, 0.3) is 10.9 Å². The molecule has 0 aliphatic carbocycles. The number of anilines is 2. The smallest absolute Gasteiger partial charge is 0.203 e. The van der Waals surface area contributed by atoms with E-state index in [0.717, 1.165) is 24.5 Å². The molecule has 1 aliphatic heterocycles. The summed E-state index contributed by atoms with van der Waals surface area (Å²) in [6, 6.07) is 12.6. The zero-order valence-electron chi connectivity index (χ0n) is 16.1. The monoisotopic (exact) mass is 368 g/mol. The molecule has 1 aliphatic rings. The molecule has 2 aromatic carbocycles. The van der Waals surface area contributed by atoms with Crippen LogP contribution < -0.4 is 19.1 Å². The van der Waals surface area contributed by atoms with Crippen LogP contribution in [0.2, 0.25) is 0 Å². The van der Waals surface area contributed by atoms with Crippen LogP contribution in [0, 0.1) is 0 Å². The van der Waals surface area contributed by atoms with E-state index in [1.54, 1.807) is 21.3 Å². The molecule has 0 N–H and O–H groups in total. The average molecular weight is 368 g/mol. The van der Waals surface area contributed by atoms with Gasteiger partial charge in [-0.05, 0) is 24.3 Å². The summed E-state index contributed by atoms with van der Waals surface area (Å²) in [4.78, 5) is 2.11. The average Bonchev–Trinajstić information content (AvgIpc) is 3.09. The van der Waals surface area contributed by atoms with Crippen LogP contribution in [0.4, 0.5) is 11.4 Å². The Morgan fingerprint density at radius 3 is 2.33 bits per heavy atom. The van der Waals surface area contributed by atoms with Crippen molar-refractivity contribution in [1.82, 2.24) is 4.57 Å². The highest BCUT2D eigenvalue weighted by molar-refractivity contribution is 5.86. The van der Waals surface area contributed by atoms with Crippen molar-refractivity contribution >= 4 is 22.3 Å². The third-order valence-electron chi connectivity index (χ3n) is 5.10. The lowest BCUT2D eigenvalue weighted by Crippen LogP contribution is -2.15. The van der Waals surface area contributed by atoms with Gasteiger partial charge in [0.25, 0.3) is 0 Å². The molecule has 0 saturated heterocycles. The first-order valence-electron chi connectivity index (χ1n) is 8.90. The van der Waals surface area contributed by atoms with Gasteiger partial charge in [0.1, 0.15) is 0 Å². The fourth-order valence-corrected chi connectivity index (χ4v) is 3.65.